The van der Waals surface area contributed by atoms with Gasteiger partial charge >= 0.3 is 0 Å². The highest BCUT2D eigenvalue weighted by Crippen LogP contribution is 2.36. The summed E-state index contributed by atoms with van der Waals surface area (Å²) in [7, 11) is 0. The van der Waals surface area contributed by atoms with Gasteiger partial charge in [-0.05, 0) is 43.5 Å². The summed E-state index contributed by atoms with van der Waals surface area (Å²) < 4.78 is 14.8. The van der Waals surface area contributed by atoms with E-state index in [2.05, 4.69) is 32.3 Å². The van der Waals surface area contributed by atoms with Crippen LogP contribution in [0.5, 0.6) is 0 Å². The first-order chi connectivity index (χ1) is 17.4. The molecule has 2 atom stereocenters. The molecule has 196 valence electrons. The summed E-state index contributed by atoms with van der Waals surface area (Å²) in [5.41, 5.74) is 1.07. The number of fused-ring (bicyclic) bond motifs is 1. The first-order valence-corrected chi connectivity index (χ1v) is 12.8. The van der Waals surface area contributed by atoms with Crippen molar-refractivity contribution < 1.29 is 14.0 Å². The van der Waals surface area contributed by atoms with Gasteiger partial charge in [0.05, 0.1) is 16.3 Å². The Kier molecular flexibility index (Phi) is 7.42. The van der Waals surface area contributed by atoms with Crippen molar-refractivity contribution in [3.8, 4) is 11.3 Å². The van der Waals surface area contributed by atoms with Gasteiger partial charge in [0.1, 0.15) is 24.0 Å². The molecule has 0 saturated carbocycles. The zero-order chi connectivity index (χ0) is 27.1. The van der Waals surface area contributed by atoms with Crippen molar-refractivity contribution in [1.29, 1.82) is 0 Å². The van der Waals surface area contributed by atoms with Gasteiger partial charge < -0.3 is 14.7 Å². The van der Waals surface area contributed by atoms with Crippen LogP contribution in [0.1, 0.15) is 40.2 Å². The molecule has 1 fully saturated rings. The third-order valence-electron chi connectivity index (χ3n) is 6.56. The molecule has 0 bridgehead atoms. The summed E-state index contributed by atoms with van der Waals surface area (Å²) in [5, 5.41) is 0.266. The zero-order valence-corrected chi connectivity index (χ0v) is 22.7. The van der Waals surface area contributed by atoms with Gasteiger partial charge in [0.25, 0.3) is 5.91 Å². The Balaban J connectivity index is 1.86. The summed E-state index contributed by atoms with van der Waals surface area (Å²) in [5.74, 6) is 0.143. The van der Waals surface area contributed by atoms with Gasteiger partial charge in [0.2, 0.25) is 5.91 Å². The van der Waals surface area contributed by atoms with Crippen LogP contribution < -0.4 is 4.90 Å². The number of carbonyl (C=O) groups excluding carboxylic acids is 2. The first kappa shape index (κ1) is 26.8. The minimum absolute atomic E-state index is 0.0396. The van der Waals surface area contributed by atoms with Crippen LogP contribution in [0.25, 0.3) is 11.3 Å². The van der Waals surface area contributed by atoms with Gasteiger partial charge in [-0.15, -0.1) is 0 Å². The number of rotatable bonds is 3. The number of halogens is 2. The Morgan fingerprint density at radius 2 is 1.89 bits per heavy atom. The number of nitrogens with zero attached hydrogens (tertiary/aromatic N) is 5. The second-order valence-corrected chi connectivity index (χ2v) is 11.4. The number of benzene rings is 1. The SMILES string of the molecule is C=CC(=O)N1CC(C)N(C2=NC(=O)CN(CC(C)(C)C)c3nc(-c4ccccc4F)c(Cl)cc32)CC1C. The number of anilines is 1. The highest BCUT2D eigenvalue weighted by molar-refractivity contribution is 6.33. The van der Waals surface area contributed by atoms with E-state index in [9.17, 15) is 14.0 Å². The van der Waals surface area contributed by atoms with E-state index in [-0.39, 0.29) is 40.9 Å². The van der Waals surface area contributed by atoms with E-state index >= 15 is 0 Å². The molecular formula is C28H33ClFN5O2. The fourth-order valence-electron chi connectivity index (χ4n) is 4.95. The smallest absolute Gasteiger partial charge is 0.267 e. The van der Waals surface area contributed by atoms with Crippen LogP contribution >= 0.6 is 11.6 Å². The van der Waals surface area contributed by atoms with E-state index in [1.807, 2.05) is 23.6 Å². The van der Waals surface area contributed by atoms with Gasteiger partial charge in [0.15, 0.2) is 0 Å². The summed E-state index contributed by atoms with van der Waals surface area (Å²) >= 11 is 6.72. The molecule has 0 radical (unpaired) electrons. The van der Waals surface area contributed by atoms with E-state index in [4.69, 9.17) is 16.6 Å². The Bertz CT molecular complexity index is 1270. The quantitative estimate of drug-likeness (QED) is 0.539. The molecule has 37 heavy (non-hydrogen) atoms. The molecule has 2 unspecified atom stereocenters. The topological polar surface area (TPSA) is 69.1 Å². The monoisotopic (exact) mass is 525 g/mol. The minimum Gasteiger partial charge on any atom is -0.349 e. The van der Waals surface area contributed by atoms with Gasteiger partial charge in [0, 0.05) is 37.3 Å². The molecule has 2 aliphatic rings. The van der Waals surface area contributed by atoms with Crippen molar-refractivity contribution in [1.82, 2.24) is 14.8 Å². The highest BCUT2D eigenvalue weighted by Gasteiger charge is 2.37. The summed E-state index contributed by atoms with van der Waals surface area (Å²) in [4.78, 5) is 40.6. The van der Waals surface area contributed by atoms with Crippen molar-refractivity contribution in [3.63, 3.8) is 0 Å². The maximum atomic E-state index is 14.8. The average Bonchev–Trinajstić information content (AvgIpc) is 2.94. The third kappa shape index (κ3) is 5.54. The van der Waals surface area contributed by atoms with Crippen LogP contribution in [0, 0.1) is 11.2 Å². The number of pyridine rings is 1. The number of piperazine rings is 1. The number of amidine groups is 1. The molecule has 1 aromatic carbocycles. The fourth-order valence-corrected chi connectivity index (χ4v) is 5.20. The highest BCUT2D eigenvalue weighted by atomic mass is 35.5. The largest absolute Gasteiger partial charge is 0.349 e. The summed E-state index contributed by atoms with van der Waals surface area (Å²) in [6.07, 6.45) is 1.32. The van der Waals surface area contributed by atoms with Crippen LogP contribution in [0.4, 0.5) is 10.2 Å². The lowest BCUT2D eigenvalue weighted by Gasteiger charge is -2.45. The van der Waals surface area contributed by atoms with Gasteiger partial charge in [-0.2, -0.15) is 4.99 Å². The number of hydrogen-bond acceptors (Lipinski definition) is 5. The van der Waals surface area contributed by atoms with Crippen LogP contribution in [0.2, 0.25) is 5.02 Å². The third-order valence-corrected chi connectivity index (χ3v) is 6.85. The lowest BCUT2D eigenvalue weighted by atomic mass is 9.95. The molecule has 0 spiro atoms. The lowest BCUT2D eigenvalue weighted by molar-refractivity contribution is -0.130. The molecule has 7 nitrogen and oxygen atoms in total. The molecule has 0 N–H and O–H groups in total. The zero-order valence-electron chi connectivity index (χ0n) is 22.0. The second kappa shape index (κ2) is 10.2. The normalized spacial score (nSPS) is 20.4. The van der Waals surface area contributed by atoms with Gasteiger partial charge in [-0.3, -0.25) is 9.59 Å². The van der Waals surface area contributed by atoms with Crippen molar-refractivity contribution in [2.24, 2.45) is 10.4 Å². The molecule has 3 heterocycles. The molecule has 9 heteroatoms. The first-order valence-electron chi connectivity index (χ1n) is 12.4. The van der Waals surface area contributed by atoms with Crippen molar-refractivity contribution >= 4 is 35.1 Å². The van der Waals surface area contributed by atoms with Crippen LogP contribution in [-0.2, 0) is 9.59 Å². The molecule has 2 aromatic rings. The predicted molar refractivity (Wildman–Crippen MR) is 145 cm³/mol. The lowest BCUT2D eigenvalue weighted by Crippen LogP contribution is -2.59. The molecule has 0 aliphatic carbocycles. The Morgan fingerprint density at radius 3 is 2.54 bits per heavy atom. The fraction of sp³-hybridized carbons (Fsp3) is 0.429. The van der Waals surface area contributed by atoms with Crippen LogP contribution in [0.3, 0.4) is 0 Å². The Labute approximate surface area is 222 Å². The number of aromatic nitrogens is 1. The molecule has 2 aliphatic heterocycles. The van der Waals surface area contributed by atoms with Gasteiger partial charge in [-0.1, -0.05) is 51.1 Å². The number of amides is 2. The molecule has 2 amide bonds. The van der Waals surface area contributed by atoms with E-state index in [1.54, 1.807) is 29.2 Å². The van der Waals surface area contributed by atoms with E-state index < -0.39 is 5.82 Å². The van der Waals surface area contributed by atoms with Gasteiger partial charge in [-0.25, -0.2) is 9.37 Å². The number of carbonyl (C=O) groups is 2. The number of hydrogen-bond donors (Lipinski definition) is 0. The average molecular weight is 526 g/mol. The molecule has 1 saturated heterocycles. The van der Waals surface area contributed by atoms with E-state index in [0.29, 0.717) is 48.1 Å². The van der Waals surface area contributed by atoms with Crippen LogP contribution in [-0.4, -0.2) is 70.7 Å². The maximum absolute atomic E-state index is 14.8. The maximum Gasteiger partial charge on any atom is 0.267 e. The second-order valence-electron chi connectivity index (χ2n) is 11.0. The Hall–Kier alpha value is -3.26. The summed E-state index contributed by atoms with van der Waals surface area (Å²) in [6, 6.07) is 7.84. The minimum atomic E-state index is -0.428. The van der Waals surface area contributed by atoms with Crippen LogP contribution in [0.15, 0.2) is 48.0 Å². The van der Waals surface area contributed by atoms with E-state index in [1.165, 1.54) is 12.1 Å². The van der Waals surface area contributed by atoms with Crippen molar-refractivity contribution in [3.05, 3.63) is 59.4 Å². The molecule has 4 rings (SSSR count). The standard InChI is InChI=1S/C28H33ClFN5O2/c1-7-24(37)34-13-18(3)35(14-17(34)2)27-20-12-21(29)25(19-10-8-9-11-22(19)30)32-26(20)33(15-23(36)31-27)16-28(4,5)6/h7-12,17-18H,1,13-16H2,2-6H3. The van der Waals surface area contributed by atoms with Crippen molar-refractivity contribution in [2.45, 2.75) is 46.7 Å². The van der Waals surface area contributed by atoms with E-state index in [0.717, 1.165) is 0 Å². The predicted octanol–water partition coefficient (Wildman–Crippen LogP) is 4.79. The Morgan fingerprint density at radius 1 is 1.19 bits per heavy atom. The molecular weight excluding hydrogens is 493 g/mol. The van der Waals surface area contributed by atoms with Crippen molar-refractivity contribution in [2.75, 3.05) is 31.1 Å². The molecule has 1 aromatic heterocycles. The summed E-state index contributed by atoms with van der Waals surface area (Å²) in [6.45, 7) is 15.3. The number of aliphatic imine (C=N–C) groups is 1.